The van der Waals surface area contributed by atoms with E-state index in [4.69, 9.17) is 19.8 Å². The van der Waals surface area contributed by atoms with Crippen molar-refractivity contribution in [3.63, 3.8) is 0 Å². The Balaban J connectivity index is 0.000000232. The van der Waals surface area contributed by atoms with E-state index >= 15 is 0 Å². The largest absolute Gasteiger partial charge is 0.473 e. The number of hydrogen-bond donors (Lipinski definition) is 2. The molecule has 2 rings (SSSR count). The molecule has 104 valence electrons. The highest BCUT2D eigenvalue weighted by molar-refractivity contribution is 6.27. The third-order valence-electron chi connectivity index (χ3n) is 4.11. The Morgan fingerprint density at radius 2 is 1.56 bits per heavy atom. The first-order chi connectivity index (χ1) is 8.45. The Kier molecular flexibility index (Phi) is 5.59. The maximum Gasteiger partial charge on any atom is 0.414 e. The minimum atomic E-state index is -1.82. The Hall–Kier alpha value is -1.10. The Morgan fingerprint density at radius 1 is 1.11 bits per heavy atom. The number of likely N-dealkylation sites (tertiary alicyclic amines) is 1. The zero-order valence-corrected chi connectivity index (χ0v) is 11.1. The van der Waals surface area contributed by atoms with E-state index in [1.807, 2.05) is 0 Å². The third kappa shape index (κ3) is 3.98. The summed E-state index contributed by atoms with van der Waals surface area (Å²) in [6.07, 6.45) is 5.92. The minimum Gasteiger partial charge on any atom is -0.473 e. The topological polar surface area (TPSA) is 77.8 Å². The monoisotopic (exact) mass is 257 g/mol. The van der Waals surface area contributed by atoms with Crippen LogP contribution in [-0.4, -0.2) is 47.2 Å². The van der Waals surface area contributed by atoms with Gasteiger partial charge in [-0.2, -0.15) is 0 Å². The van der Waals surface area contributed by atoms with Crippen LogP contribution in [0.2, 0.25) is 0 Å². The first-order valence-electron chi connectivity index (χ1n) is 6.60. The second-order valence-corrected chi connectivity index (χ2v) is 5.35. The van der Waals surface area contributed by atoms with Crippen molar-refractivity contribution < 1.29 is 19.8 Å². The highest BCUT2D eigenvalue weighted by Gasteiger charge is 2.36. The second-order valence-electron chi connectivity index (χ2n) is 5.35. The summed E-state index contributed by atoms with van der Waals surface area (Å²) >= 11 is 0. The summed E-state index contributed by atoms with van der Waals surface area (Å²) in [4.78, 5) is 20.7. The standard InChI is InChI=1S/C11H21N.C2H2O4/c1-3-11-9-5-4-6-10(11)8-12(2)7-9;3-1(4)2(5)6/h9-11H,3-8H2,1-2H3;(H,3,4)(H,5,6). The molecular formula is C13H23NO4. The molecule has 5 heteroatoms. The van der Waals surface area contributed by atoms with Crippen molar-refractivity contribution in [1.82, 2.24) is 4.90 Å². The maximum atomic E-state index is 9.10. The number of piperidine rings is 1. The number of rotatable bonds is 1. The Bertz CT molecular complexity index is 279. The number of nitrogens with zero attached hydrogens (tertiary/aromatic N) is 1. The van der Waals surface area contributed by atoms with E-state index in [1.165, 1.54) is 38.8 Å². The van der Waals surface area contributed by atoms with Gasteiger partial charge in [-0.15, -0.1) is 0 Å². The average Bonchev–Trinajstić information content (AvgIpc) is 2.28. The van der Waals surface area contributed by atoms with Crippen molar-refractivity contribution in [2.45, 2.75) is 32.6 Å². The van der Waals surface area contributed by atoms with Gasteiger partial charge in [0.2, 0.25) is 0 Å². The van der Waals surface area contributed by atoms with Crippen LogP contribution in [0.3, 0.4) is 0 Å². The van der Waals surface area contributed by atoms with Crippen LogP contribution in [0.4, 0.5) is 0 Å². The molecular weight excluding hydrogens is 234 g/mol. The molecule has 2 bridgehead atoms. The van der Waals surface area contributed by atoms with Gasteiger partial charge in [0.1, 0.15) is 0 Å². The summed E-state index contributed by atoms with van der Waals surface area (Å²) in [5, 5.41) is 14.8. The van der Waals surface area contributed by atoms with Gasteiger partial charge in [-0.3, -0.25) is 0 Å². The number of aliphatic carboxylic acids is 2. The second kappa shape index (κ2) is 6.73. The van der Waals surface area contributed by atoms with Crippen LogP contribution in [0.25, 0.3) is 0 Å². The predicted octanol–water partition coefficient (Wildman–Crippen LogP) is 1.53. The third-order valence-corrected chi connectivity index (χ3v) is 4.11. The van der Waals surface area contributed by atoms with Crippen LogP contribution in [-0.2, 0) is 9.59 Å². The van der Waals surface area contributed by atoms with E-state index in [1.54, 1.807) is 0 Å². The first kappa shape index (κ1) is 15.0. The van der Waals surface area contributed by atoms with Crippen LogP contribution >= 0.6 is 0 Å². The van der Waals surface area contributed by atoms with E-state index < -0.39 is 11.9 Å². The van der Waals surface area contributed by atoms with Crippen molar-refractivity contribution in [3.8, 4) is 0 Å². The molecule has 1 saturated carbocycles. The normalized spacial score (nSPS) is 31.1. The Labute approximate surface area is 108 Å². The molecule has 1 heterocycles. The lowest BCUT2D eigenvalue weighted by molar-refractivity contribution is -0.159. The molecule has 1 aliphatic carbocycles. The Morgan fingerprint density at radius 3 is 1.89 bits per heavy atom. The van der Waals surface area contributed by atoms with Crippen molar-refractivity contribution in [1.29, 1.82) is 0 Å². The summed E-state index contributed by atoms with van der Waals surface area (Å²) in [6, 6.07) is 0. The molecule has 2 aliphatic rings. The van der Waals surface area contributed by atoms with Crippen molar-refractivity contribution >= 4 is 11.9 Å². The fraction of sp³-hybridized carbons (Fsp3) is 0.846. The number of fused-ring (bicyclic) bond motifs is 2. The quantitative estimate of drug-likeness (QED) is 0.696. The minimum absolute atomic E-state index is 1.03. The first-order valence-corrected chi connectivity index (χ1v) is 6.60. The van der Waals surface area contributed by atoms with E-state index in [2.05, 4.69) is 18.9 Å². The summed E-state index contributed by atoms with van der Waals surface area (Å²) in [5.74, 6) is -0.514. The number of carbonyl (C=O) groups is 2. The van der Waals surface area contributed by atoms with Gasteiger partial charge >= 0.3 is 11.9 Å². The fourth-order valence-corrected chi connectivity index (χ4v) is 3.45. The van der Waals surface area contributed by atoms with Gasteiger partial charge in [0.15, 0.2) is 0 Å². The summed E-state index contributed by atoms with van der Waals surface area (Å²) in [7, 11) is 2.29. The van der Waals surface area contributed by atoms with E-state index in [9.17, 15) is 0 Å². The van der Waals surface area contributed by atoms with Crippen molar-refractivity contribution in [2.24, 2.45) is 17.8 Å². The molecule has 1 saturated heterocycles. The van der Waals surface area contributed by atoms with Crippen LogP contribution in [0.5, 0.6) is 0 Å². The van der Waals surface area contributed by atoms with Gasteiger partial charge in [-0.05, 0) is 37.6 Å². The predicted molar refractivity (Wildman–Crippen MR) is 67.4 cm³/mol. The number of hydrogen-bond acceptors (Lipinski definition) is 3. The summed E-state index contributed by atoms with van der Waals surface area (Å²) < 4.78 is 0. The highest BCUT2D eigenvalue weighted by Crippen LogP contribution is 2.40. The highest BCUT2D eigenvalue weighted by atomic mass is 16.4. The van der Waals surface area contributed by atoms with Gasteiger partial charge in [-0.1, -0.05) is 19.8 Å². The van der Waals surface area contributed by atoms with E-state index in [0.717, 1.165) is 17.8 Å². The molecule has 0 spiro atoms. The zero-order chi connectivity index (χ0) is 13.7. The molecule has 0 amide bonds. The van der Waals surface area contributed by atoms with Gasteiger partial charge in [0.25, 0.3) is 0 Å². The lowest BCUT2D eigenvalue weighted by Gasteiger charge is -2.46. The molecule has 2 atom stereocenters. The smallest absolute Gasteiger partial charge is 0.414 e. The molecule has 0 aromatic heterocycles. The summed E-state index contributed by atoms with van der Waals surface area (Å²) in [6.45, 7) is 5.12. The van der Waals surface area contributed by atoms with Crippen LogP contribution < -0.4 is 0 Å². The number of carboxylic acids is 2. The van der Waals surface area contributed by atoms with Gasteiger partial charge < -0.3 is 15.1 Å². The average molecular weight is 257 g/mol. The van der Waals surface area contributed by atoms with Crippen LogP contribution in [0, 0.1) is 17.8 Å². The van der Waals surface area contributed by atoms with E-state index in [0.29, 0.717) is 0 Å². The molecule has 2 N–H and O–H groups in total. The van der Waals surface area contributed by atoms with Gasteiger partial charge in [0, 0.05) is 13.1 Å². The molecule has 5 nitrogen and oxygen atoms in total. The SMILES string of the molecule is CCC1C2CCCC1CN(C)C2.O=C(O)C(=O)O. The maximum absolute atomic E-state index is 9.10. The van der Waals surface area contributed by atoms with Crippen LogP contribution in [0.1, 0.15) is 32.6 Å². The molecule has 0 radical (unpaired) electrons. The van der Waals surface area contributed by atoms with E-state index in [-0.39, 0.29) is 0 Å². The fourth-order valence-electron chi connectivity index (χ4n) is 3.45. The molecule has 0 aromatic rings. The lowest BCUT2D eigenvalue weighted by atomic mass is 9.68. The van der Waals surface area contributed by atoms with Gasteiger partial charge in [0.05, 0.1) is 0 Å². The van der Waals surface area contributed by atoms with Crippen molar-refractivity contribution in [3.05, 3.63) is 0 Å². The summed E-state index contributed by atoms with van der Waals surface area (Å²) in [5.41, 5.74) is 0. The van der Waals surface area contributed by atoms with Gasteiger partial charge in [-0.25, -0.2) is 9.59 Å². The molecule has 2 unspecified atom stereocenters. The molecule has 0 aromatic carbocycles. The van der Waals surface area contributed by atoms with Crippen molar-refractivity contribution in [2.75, 3.05) is 20.1 Å². The molecule has 2 fully saturated rings. The zero-order valence-electron chi connectivity index (χ0n) is 11.1. The van der Waals surface area contributed by atoms with Crippen LogP contribution in [0.15, 0.2) is 0 Å². The number of carboxylic acid groups (broad SMARTS) is 2. The molecule has 18 heavy (non-hydrogen) atoms. The lowest BCUT2D eigenvalue weighted by Crippen LogP contribution is -2.46. The molecule has 1 aliphatic heterocycles.